The monoisotopic (exact) mass is 303 g/mol. The van der Waals surface area contributed by atoms with E-state index < -0.39 is 5.91 Å². The molecule has 5 heteroatoms. The highest BCUT2D eigenvalue weighted by Gasteiger charge is 2.19. The summed E-state index contributed by atoms with van der Waals surface area (Å²) in [5.41, 5.74) is 8.83. The van der Waals surface area contributed by atoms with E-state index in [4.69, 9.17) is 5.73 Å². The first-order valence-electron chi connectivity index (χ1n) is 6.81. The minimum atomic E-state index is -0.404. The predicted molar refractivity (Wildman–Crippen MR) is 85.7 cm³/mol. The predicted octanol–water partition coefficient (Wildman–Crippen LogP) is 2.35. The van der Waals surface area contributed by atoms with E-state index in [1.165, 1.54) is 5.56 Å². The molecule has 1 aromatic carbocycles. The fraction of sp³-hybridized carbons (Fsp3) is 0.250. The molecule has 0 aliphatic carbocycles. The third-order valence-electron chi connectivity index (χ3n) is 3.78. The molecule has 3 rings (SSSR count). The van der Waals surface area contributed by atoms with Crippen LogP contribution in [-0.4, -0.2) is 24.0 Å². The number of nitrogens with zero attached hydrogens (tertiary/aromatic N) is 1. The summed E-state index contributed by atoms with van der Waals surface area (Å²) >= 11 is 0. The van der Waals surface area contributed by atoms with E-state index in [9.17, 15) is 4.79 Å². The maximum atomic E-state index is 11.7. The van der Waals surface area contributed by atoms with Crippen molar-refractivity contribution in [3.8, 4) is 11.3 Å². The molecule has 1 aromatic heterocycles. The summed E-state index contributed by atoms with van der Waals surface area (Å²) in [7, 11) is 0. The Labute approximate surface area is 130 Å². The lowest BCUT2D eigenvalue weighted by atomic mass is 9.93. The average Bonchev–Trinajstić information content (AvgIpc) is 3.02. The van der Waals surface area contributed by atoms with E-state index in [1.807, 2.05) is 30.3 Å². The Kier molecular flexibility index (Phi) is 4.94. The zero-order valence-electron chi connectivity index (χ0n) is 11.6. The second-order valence-electron chi connectivity index (χ2n) is 5.07. The molecule has 0 bridgehead atoms. The van der Waals surface area contributed by atoms with Crippen LogP contribution in [0.2, 0.25) is 0 Å². The normalized spacial score (nSPS) is 17.2. The minimum Gasteiger partial charge on any atom is -0.366 e. The molecule has 2 aromatic rings. The van der Waals surface area contributed by atoms with Gasteiger partial charge >= 0.3 is 0 Å². The maximum absolute atomic E-state index is 11.7. The van der Waals surface area contributed by atoms with Crippen molar-refractivity contribution in [1.29, 1.82) is 0 Å². The molecule has 0 saturated carbocycles. The number of hydrogen-bond donors (Lipinski definition) is 2. The molecule has 1 aliphatic heterocycles. The molecule has 1 saturated heterocycles. The smallest absolute Gasteiger partial charge is 0.249 e. The molecule has 0 radical (unpaired) electrons. The first-order valence-corrected chi connectivity index (χ1v) is 6.81. The first-order chi connectivity index (χ1) is 9.75. The zero-order chi connectivity index (χ0) is 13.9. The van der Waals surface area contributed by atoms with Gasteiger partial charge in [0, 0.05) is 23.9 Å². The van der Waals surface area contributed by atoms with Gasteiger partial charge in [0.05, 0.1) is 5.69 Å². The molecule has 3 N–H and O–H groups in total. The van der Waals surface area contributed by atoms with Crippen LogP contribution >= 0.6 is 12.4 Å². The van der Waals surface area contributed by atoms with Crippen LogP contribution in [-0.2, 0) is 0 Å². The van der Waals surface area contributed by atoms with Crippen LogP contribution in [0.5, 0.6) is 0 Å². The van der Waals surface area contributed by atoms with Crippen molar-refractivity contribution < 1.29 is 4.79 Å². The third-order valence-corrected chi connectivity index (χ3v) is 3.78. The zero-order valence-corrected chi connectivity index (χ0v) is 12.4. The number of carbonyl (C=O) groups is 1. The number of halogens is 1. The van der Waals surface area contributed by atoms with Gasteiger partial charge in [0.1, 0.15) is 0 Å². The number of hydrogen-bond acceptors (Lipinski definition) is 3. The van der Waals surface area contributed by atoms with Crippen molar-refractivity contribution in [1.82, 2.24) is 10.3 Å². The third kappa shape index (κ3) is 3.23. The van der Waals surface area contributed by atoms with Gasteiger partial charge in [-0.15, -0.1) is 12.4 Å². The van der Waals surface area contributed by atoms with Gasteiger partial charge in [-0.25, -0.2) is 0 Å². The Morgan fingerprint density at radius 3 is 2.76 bits per heavy atom. The lowest BCUT2D eigenvalue weighted by molar-refractivity contribution is 0.100. The summed E-state index contributed by atoms with van der Waals surface area (Å²) in [4.78, 5) is 16.0. The molecule has 4 nitrogen and oxygen atoms in total. The standard InChI is InChI=1S/C16H17N3O.ClH/c17-16(20)14-9-11(12-6-8-18-10-12)4-5-13(14)15-3-1-2-7-19-15;/h1-5,7,9,12,18H,6,8,10H2,(H2,17,20);1H. The van der Waals surface area contributed by atoms with Crippen molar-refractivity contribution in [3.05, 3.63) is 53.7 Å². The summed E-state index contributed by atoms with van der Waals surface area (Å²) in [5.74, 6) is 0.0596. The largest absolute Gasteiger partial charge is 0.366 e. The van der Waals surface area contributed by atoms with Crippen LogP contribution in [0.4, 0.5) is 0 Å². The Morgan fingerprint density at radius 1 is 1.29 bits per heavy atom. The van der Waals surface area contributed by atoms with Crippen LogP contribution in [0.1, 0.15) is 28.3 Å². The maximum Gasteiger partial charge on any atom is 0.249 e. The average molecular weight is 304 g/mol. The topological polar surface area (TPSA) is 68.0 Å². The number of rotatable bonds is 3. The first kappa shape index (κ1) is 15.5. The Hall–Kier alpha value is -1.91. The van der Waals surface area contributed by atoms with Crippen molar-refractivity contribution in [2.24, 2.45) is 5.73 Å². The van der Waals surface area contributed by atoms with Crippen LogP contribution in [0.25, 0.3) is 11.3 Å². The van der Waals surface area contributed by atoms with E-state index in [-0.39, 0.29) is 12.4 Å². The molecule has 1 atom stereocenters. The van der Waals surface area contributed by atoms with Crippen LogP contribution < -0.4 is 11.1 Å². The number of nitrogens with two attached hydrogens (primary N) is 1. The molecule has 1 amide bonds. The fourth-order valence-corrected chi connectivity index (χ4v) is 2.70. The number of amides is 1. The highest BCUT2D eigenvalue weighted by Crippen LogP contribution is 2.28. The van der Waals surface area contributed by atoms with E-state index in [1.54, 1.807) is 6.20 Å². The Morgan fingerprint density at radius 2 is 2.14 bits per heavy atom. The van der Waals surface area contributed by atoms with Gasteiger partial charge in [0.2, 0.25) is 5.91 Å². The lowest BCUT2D eigenvalue weighted by Crippen LogP contribution is -2.14. The SMILES string of the molecule is Cl.NC(=O)c1cc(C2CCNC2)ccc1-c1ccccn1. The number of aromatic nitrogens is 1. The van der Waals surface area contributed by atoms with Crippen LogP contribution in [0.15, 0.2) is 42.6 Å². The molecule has 1 aliphatic rings. The van der Waals surface area contributed by atoms with Crippen LogP contribution in [0.3, 0.4) is 0 Å². The van der Waals surface area contributed by atoms with Gasteiger partial charge < -0.3 is 11.1 Å². The second-order valence-corrected chi connectivity index (χ2v) is 5.07. The van der Waals surface area contributed by atoms with Gasteiger partial charge in [0.15, 0.2) is 0 Å². The Balaban J connectivity index is 0.00000161. The number of carbonyl (C=O) groups excluding carboxylic acids is 1. The van der Waals surface area contributed by atoms with Gasteiger partial charge in [-0.3, -0.25) is 9.78 Å². The van der Waals surface area contributed by atoms with E-state index in [2.05, 4.69) is 16.4 Å². The number of nitrogens with one attached hydrogen (secondary N) is 1. The summed E-state index contributed by atoms with van der Waals surface area (Å²) in [5, 5.41) is 3.34. The summed E-state index contributed by atoms with van der Waals surface area (Å²) < 4.78 is 0. The summed E-state index contributed by atoms with van der Waals surface area (Å²) in [6, 6.07) is 11.6. The highest BCUT2D eigenvalue weighted by atomic mass is 35.5. The molecule has 1 unspecified atom stereocenters. The minimum absolute atomic E-state index is 0. The van der Waals surface area contributed by atoms with Crippen molar-refractivity contribution in [3.63, 3.8) is 0 Å². The molecule has 1 fully saturated rings. The second kappa shape index (κ2) is 6.70. The Bertz CT molecular complexity index is 625. The molecular formula is C16H18ClN3O. The lowest BCUT2D eigenvalue weighted by Gasteiger charge is -2.13. The molecule has 21 heavy (non-hydrogen) atoms. The van der Waals surface area contributed by atoms with Gasteiger partial charge in [-0.1, -0.05) is 18.2 Å². The van der Waals surface area contributed by atoms with E-state index >= 15 is 0 Å². The highest BCUT2D eigenvalue weighted by molar-refractivity contribution is 5.99. The molecule has 2 heterocycles. The van der Waals surface area contributed by atoms with Gasteiger partial charge in [0.25, 0.3) is 0 Å². The molecule has 0 spiro atoms. The number of pyridine rings is 1. The quantitative estimate of drug-likeness (QED) is 0.914. The van der Waals surface area contributed by atoms with E-state index in [0.717, 1.165) is 30.8 Å². The fourth-order valence-electron chi connectivity index (χ4n) is 2.70. The summed E-state index contributed by atoms with van der Waals surface area (Å²) in [6.07, 6.45) is 2.82. The molecular weight excluding hydrogens is 286 g/mol. The van der Waals surface area contributed by atoms with Crippen molar-refractivity contribution in [2.75, 3.05) is 13.1 Å². The van der Waals surface area contributed by atoms with Crippen LogP contribution in [0, 0.1) is 0 Å². The summed E-state index contributed by atoms with van der Waals surface area (Å²) in [6.45, 7) is 1.99. The number of benzene rings is 1. The van der Waals surface area contributed by atoms with E-state index in [0.29, 0.717) is 11.5 Å². The van der Waals surface area contributed by atoms with Crippen molar-refractivity contribution >= 4 is 18.3 Å². The molecule has 110 valence electrons. The van der Waals surface area contributed by atoms with Gasteiger partial charge in [-0.2, -0.15) is 0 Å². The van der Waals surface area contributed by atoms with Crippen molar-refractivity contribution in [2.45, 2.75) is 12.3 Å². The number of primary amides is 1. The van der Waals surface area contributed by atoms with Gasteiger partial charge in [-0.05, 0) is 42.6 Å².